The number of hydrogen-bond donors (Lipinski definition) is 1. The van der Waals surface area contributed by atoms with Crippen LogP contribution in [0.25, 0.3) is 11.4 Å². The van der Waals surface area contributed by atoms with Crippen LogP contribution in [0.3, 0.4) is 0 Å². The molecule has 122 valence electrons. The van der Waals surface area contributed by atoms with E-state index < -0.39 is 0 Å². The smallest absolute Gasteiger partial charge is 0.256 e. The molecule has 0 aliphatic heterocycles. The molecule has 0 radical (unpaired) electrons. The van der Waals surface area contributed by atoms with Gasteiger partial charge >= 0.3 is 0 Å². The first kappa shape index (κ1) is 14.6. The zero-order valence-corrected chi connectivity index (χ0v) is 13.4. The van der Waals surface area contributed by atoms with Crippen molar-refractivity contribution < 1.29 is 13.8 Å². The summed E-state index contributed by atoms with van der Waals surface area (Å²) >= 11 is 0. The molecule has 0 saturated heterocycles. The quantitative estimate of drug-likeness (QED) is 0.796. The van der Waals surface area contributed by atoms with E-state index in [0.717, 1.165) is 24.0 Å². The number of aryl methyl sites for hydroxylation is 3. The lowest BCUT2D eigenvalue weighted by Gasteiger charge is -2.13. The van der Waals surface area contributed by atoms with Gasteiger partial charge in [0.2, 0.25) is 11.7 Å². The number of rotatable bonds is 3. The van der Waals surface area contributed by atoms with Gasteiger partial charge < -0.3 is 14.4 Å². The molecular formula is C17H16N4O3. The Morgan fingerprint density at radius 2 is 2.17 bits per heavy atom. The third kappa shape index (κ3) is 2.47. The lowest BCUT2D eigenvalue weighted by atomic mass is 10.0. The highest BCUT2D eigenvalue weighted by molar-refractivity contribution is 5.95. The average Bonchev–Trinajstić information content (AvgIpc) is 3.27. The first-order valence-electron chi connectivity index (χ1n) is 7.77. The molecule has 7 nitrogen and oxygen atoms in total. The third-order valence-corrected chi connectivity index (χ3v) is 4.31. The van der Waals surface area contributed by atoms with E-state index in [9.17, 15) is 4.79 Å². The van der Waals surface area contributed by atoms with E-state index in [2.05, 4.69) is 26.7 Å². The molecule has 1 unspecified atom stereocenters. The number of carbonyl (C=O) groups is 1. The van der Waals surface area contributed by atoms with Crippen molar-refractivity contribution in [1.29, 1.82) is 0 Å². The molecule has 2 heterocycles. The molecule has 2 aromatic heterocycles. The Balaban J connectivity index is 1.56. The van der Waals surface area contributed by atoms with Crippen LogP contribution in [0.1, 0.15) is 45.5 Å². The number of nitrogens with one attached hydrogen (secondary N) is 1. The highest BCUT2D eigenvalue weighted by Crippen LogP contribution is 2.34. The van der Waals surface area contributed by atoms with Crippen LogP contribution in [0.5, 0.6) is 0 Å². The molecule has 0 spiro atoms. The van der Waals surface area contributed by atoms with Gasteiger partial charge in [-0.25, -0.2) is 0 Å². The van der Waals surface area contributed by atoms with E-state index in [-0.39, 0.29) is 11.9 Å². The summed E-state index contributed by atoms with van der Waals surface area (Å²) in [5.41, 5.74) is 4.31. The van der Waals surface area contributed by atoms with Gasteiger partial charge in [0.25, 0.3) is 5.91 Å². The Morgan fingerprint density at radius 3 is 2.88 bits per heavy atom. The topological polar surface area (TPSA) is 94.1 Å². The number of benzene rings is 1. The average molecular weight is 324 g/mol. The lowest BCUT2D eigenvalue weighted by molar-refractivity contribution is 0.0935. The number of nitrogens with zero attached hydrogens (tertiary/aromatic N) is 3. The van der Waals surface area contributed by atoms with Gasteiger partial charge in [0.1, 0.15) is 11.8 Å². The van der Waals surface area contributed by atoms with Crippen molar-refractivity contribution in [3.8, 4) is 11.4 Å². The largest absolute Gasteiger partial charge is 0.364 e. The van der Waals surface area contributed by atoms with Crippen LogP contribution in [-0.2, 0) is 6.42 Å². The molecule has 3 aromatic rings. The van der Waals surface area contributed by atoms with Gasteiger partial charge in [0.15, 0.2) is 0 Å². The standard InChI is InChI=1S/C17H16N4O3/c1-9-14(8-23-20-9)17(22)19-15-6-4-11-7-12(3-5-13(11)15)16-18-10(2)24-21-16/h3,5,7-8,15H,4,6H2,1-2H3,(H,19,22). The number of carbonyl (C=O) groups excluding carboxylic acids is 1. The van der Waals surface area contributed by atoms with E-state index in [1.54, 1.807) is 13.8 Å². The molecule has 0 fully saturated rings. The molecule has 1 atom stereocenters. The van der Waals surface area contributed by atoms with Crippen molar-refractivity contribution in [1.82, 2.24) is 20.6 Å². The number of fused-ring (bicyclic) bond motifs is 1. The van der Waals surface area contributed by atoms with Crippen LogP contribution in [0.4, 0.5) is 0 Å². The highest BCUT2D eigenvalue weighted by Gasteiger charge is 2.26. The Bertz CT molecular complexity index is 912. The fourth-order valence-corrected chi connectivity index (χ4v) is 3.07. The van der Waals surface area contributed by atoms with Gasteiger partial charge in [-0.1, -0.05) is 22.4 Å². The van der Waals surface area contributed by atoms with Crippen LogP contribution in [0, 0.1) is 13.8 Å². The molecule has 1 N–H and O–H groups in total. The van der Waals surface area contributed by atoms with E-state index in [0.29, 0.717) is 23.0 Å². The predicted molar refractivity (Wildman–Crippen MR) is 84.2 cm³/mol. The molecule has 1 aliphatic carbocycles. The summed E-state index contributed by atoms with van der Waals surface area (Å²) in [5, 5.41) is 10.7. The minimum absolute atomic E-state index is 0.0112. The van der Waals surface area contributed by atoms with Gasteiger partial charge in [-0.2, -0.15) is 4.98 Å². The van der Waals surface area contributed by atoms with Crippen molar-refractivity contribution >= 4 is 5.91 Å². The van der Waals surface area contributed by atoms with Gasteiger partial charge in [-0.15, -0.1) is 0 Å². The Morgan fingerprint density at radius 1 is 1.29 bits per heavy atom. The first-order valence-corrected chi connectivity index (χ1v) is 7.77. The summed E-state index contributed by atoms with van der Waals surface area (Å²) in [6, 6.07) is 6.03. The second kappa shape index (κ2) is 5.59. The lowest BCUT2D eigenvalue weighted by Crippen LogP contribution is -2.27. The zero-order chi connectivity index (χ0) is 16.7. The number of aromatic nitrogens is 3. The van der Waals surface area contributed by atoms with Crippen LogP contribution < -0.4 is 5.32 Å². The summed E-state index contributed by atoms with van der Waals surface area (Å²) in [7, 11) is 0. The van der Waals surface area contributed by atoms with Crippen molar-refractivity contribution in [2.75, 3.05) is 0 Å². The molecule has 1 aromatic carbocycles. The normalized spacial score (nSPS) is 16.2. The molecule has 1 aliphatic rings. The molecule has 0 bridgehead atoms. The summed E-state index contributed by atoms with van der Waals surface area (Å²) < 4.78 is 9.87. The van der Waals surface area contributed by atoms with Crippen LogP contribution in [-0.4, -0.2) is 21.2 Å². The molecule has 1 amide bonds. The highest BCUT2D eigenvalue weighted by atomic mass is 16.5. The Labute approximate surface area is 138 Å². The summed E-state index contributed by atoms with van der Waals surface area (Å²) in [6.07, 6.45) is 3.13. The van der Waals surface area contributed by atoms with Gasteiger partial charge in [-0.05, 0) is 37.0 Å². The Hall–Kier alpha value is -2.96. The maximum absolute atomic E-state index is 12.3. The zero-order valence-electron chi connectivity index (χ0n) is 13.4. The van der Waals surface area contributed by atoms with Crippen LogP contribution in [0.15, 0.2) is 33.5 Å². The van der Waals surface area contributed by atoms with E-state index in [1.807, 2.05) is 12.1 Å². The van der Waals surface area contributed by atoms with E-state index in [4.69, 9.17) is 9.05 Å². The number of amides is 1. The van der Waals surface area contributed by atoms with Crippen molar-refractivity contribution in [2.24, 2.45) is 0 Å². The van der Waals surface area contributed by atoms with E-state index >= 15 is 0 Å². The van der Waals surface area contributed by atoms with Gasteiger partial charge in [0.05, 0.1) is 11.7 Å². The fraction of sp³-hybridized carbons (Fsp3) is 0.294. The van der Waals surface area contributed by atoms with Crippen LogP contribution >= 0.6 is 0 Å². The molecule has 0 saturated carbocycles. The second-order valence-electron chi connectivity index (χ2n) is 5.93. The minimum atomic E-state index is -0.163. The number of hydrogen-bond acceptors (Lipinski definition) is 6. The van der Waals surface area contributed by atoms with Crippen molar-refractivity contribution in [3.63, 3.8) is 0 Å². The summed E-state index contributed by atoms with van der Waals surface area (Å²) in [5.74, 6) is 0.965. The second-order valence-corrected chi connectivity index (χ2v) is 5.93. The predicted octanol–water partition coefficient (Wildman–Crippen LogP) is 2.76. The molecular weight excluding hydrogens is 308 g/mol. The van der Waals surface area contributed by atoms with Crippen molar-refractivity contribution in [2.45, 2.75) is 32.7 Å². The molecule has 24 heavy (non-hydrogen) atoms. The van der Waals surface area contributed by atoms with Gasteiger partial charge in [-0.3, -0.25) is 4.79 Å². The fourth-order valence-electron chi connectivity index (χ4n) is 3.07. The minimum Gasteiger partial charge on any atom is -0.364 e. The van der Waals surface area contributed by atoms with Crippen molar-refractivity contribution in [3.05, 3.63) is 52.7 Å². The summed E-state index contributed by atoms with van der Waals surface area (Å²) in [6.45, 7) is 3.52. The van der Waals surface area contributed by atoms with E-state index in [1.165, 1.54) is 11.8 Å². The Kier molecular flexibility index (Phi) is 3.41. The van der Waals surface area contributed by atoms with Gasteiger partial charge in [0, 0.05) is 12.5 Å². The summed E-state index contributed by atoms with van der Waals surface area (Å²) in [4.78, 5) is 16.6. The molecule has 4 rings (SSSR count). The molecule has 7 heteroatoms. The maximum Gasteiger partial charge on any atom is 0.256 e. The SMILES string of the molecule is Cc1nc(-c2ccc3c(c2)CCC3NC(=O)c2conc2C)no1. The first-order chi connectivity index (χ1) is 11.6. The monoisotopic (exact) mass is 324 g/mol. The van der Waals surface area contributed by atoms with Crippen LogP contribution in [0.2, 0.25) is 0 Å². The maximum atomic E-state index is 12.3. The third-order valence-electron chi connectivity index (χ3n) is 4.31.